The van der Waals surface area contributed by atoms with Crippen molar-refractivity contribution in [3.63, 3.8) is 0 Å². The molecule has 0 saturated carbocycles. The second-order valence-electron chi connectivity index (χ2n) is 7.10. The molecule has 2 aromatic carbocycles. The van der Waals surface area contributed by atoms with E-state index in [9.17, 15) is 4.79 Å². The van der Waals surface area contributed by atoms with Gasteiger partial charge in [-0.25, -0.2) is 4.98 Å². The third-order valence-electron chi connectivity index (χ3n) is 5.12. The second-order valence-corrected chi connectivity index (χ2v) is 7.10. The monoisotopic (exact) mass is 420 g/mol. The third-order valence-corrected chi connectivity index (χ3v) is 5.12. The third kappa shape index (κ3) is 4.39. The molecule has 1 atom stereocenters. The molecule has 4 rings (SSSR count). The van der Waals surface area contributed by atoms with Gasteiger partial charge in [0.1, 0.15) is 17.8 Å². The first-order valence-corrected chi connectivity index (χ1v) is 9.84. The average Bonchev–Trinajstić information content (AvgIpc) is 3.45. The molecule has 0 bridgehead atoms. The van der Waals surface area contributed by atoms with Crippen LogP contribution in [0.2, 0.25) is 0 Å². The van der Waals surface area contributed by atoms with Crippen molar-refractivity contribution in [2.75, 3.05) is 14.2 Å². The zero-order valence-electron chi connectivity index (χ0n) is 17.3. The van der Waals surface area contributed by atoms with Crippen LogP contribution < -0.4 is 20.5 Å². The molecule has 2 heterocycles. The van der Waals surface area contributed by atoms with Gasteiger partial charge < -0.3 is 29.9 Å². The first-order chi connectivity index (χ1) is 15.1. The van der Waals surface area contributed by atoms with Gasteiger partial charge in [-0.15, -0.1) is 0 Å². The summed E-state index contributed by atoms with van der Waals surface area (Å²) in [6, 6.07) is 12.9. The number of nitrogens with zero attached hydrogens (tertiary/aromatic N) is 1. The highest BCUT2D eigenvalue weighted by atomic mass is 16.5. The fourth-order valence-electron chi connectivity index (χ4n) is 3.45. The number of carbonyl (C=O) groups is 1. The molecule has 4 aromatic rings. The van der Waals surface area contributed by atoms with Gasteiger partial charge in [0.25, 0.3) is 5.91 Å². The van der Waals surface area contributed by atoms with Crippen LogP contribution in [0, 0.1) is 0 Å². The lowest BCUT2D eigenvalue weighted by Gasteiger charge is -2.10. The van der Waals surface area contributed by atoms with E-state index in [1.165, 1.54) is 6.26 Å². The van der Waals surface area contributed by atoms with E-state index < -0.39 is 6.04 Å². The van der Waals surface area contributed by atoms with Gasteiger partial charge in [0.2, 0.25) is 5.89 Å². The fourth-order valence-corrected chi connectivity index (χ4v) is 3.45. The predicted octanol–water partition coefficient (Wildman–Crippen LogP) is 3.35. The fraction of sp³-hybridized carbons (Fsp3) is 0.217. The van der Waals surface area contributed by atoms with Crippen molar-refractivity contribution < 1.29 is 18.7 Å². The number of rotatable bonds is 8. The number of carbonyl (C=O) groups excluding carboxylic acids is 1. The summed E-state index contributed by atoms with van der Waals surface area (Å²) in [5.74, 6) is 1.27. The van der Waals surface area contributed by atoms with E-state index in [0.29, 0.717) is 23.8 Å². The maximum atomic E-state index is 12.5. The minimum Gasteiger partial charge on any atom is -0.497 e. The molecular formula is C23H24N4O4. The number of aromatic nitrogens is 2. The first-order valence-electron chi connectivity index (χ1n) is 9.84. The topological polar surface area (TPSA) is 115 Å². The van der Waals surface area contributed by atoms with E-state index in [1.807, 2.05) is 42.6 Å². The molecule has 0 spiro atoms. The number of para-hydroxylation sites is 1. The summed E-state index contributed by atoms with van der Waals surface area (Å²) in [6.07, 6.45) is 3.79. The Morgan fingerprint density at radius 3 is 2.84 bits per heavy atom. The Hall–Kier alpha value is -3.78. The van der Waals surface area contributed by atoms with E-state index in [1.54, 1.807) is 20.3 Å². The molecule has 160 valence electrons. The van der Waals surface area contributed by atoms with Gasteiger partial charge in [0.05, 0.1) is 20.3 Å². The van der Waals surface area contributed by atoms with Crippen LogP contribution in [0.3, 0.4) is 0 Å². The Labute approximate surface area is 179 Å². The summed E-state index contributed by atoms with van der Waals surface area (Å²) in [5, 5.41) is 3.93. The number of hydrogen-bond acceptors (Lipinski definition) is 6. The van der Waals surface area contributed by atoms with E-state index in [2.05, 4.69) is 15.3 Å². The Morgan fingerprint density at radius 2 is 2.03 bits per heavy atom. The summed E-state index contributed by atoms with van der Waals surface area (Å²) in [5.41, 5.74) is 9.40. The smallest absolute Gasteiger partial charge is 0.273 e. The van der Waals surface area contributed by atoms with Crippen molar-refractivity contribution in [1.29, 1.82) is 0 Å². The number of nitrogens with one attached hydrogen (secondary N) is 2. The number of methoxy groups -OCH3 is 2. The molecule has 1 amide bonds. The highest BCUT2D eigenvalue weighted by molar-refractivity contribution is 5.91. The summed E-state index contributed by atoms with van der Waals surface area (Å²) in [7, 11) is 3.15. The minimum atomic E-state index is -0.470. The van der Waals surface area contributed by atoms with Crippen LogP contribution in [0.5, 0.6) is 11.5 Å². The zero-order valence-corrected chi connectivity index (χ0v) is 17.3. The number of amides is 1. The van der Waals surface area contributed by atoms with Crippen LogP contribution in [0.15, 0.2) is 59.3 Å². The molecule has 31 heavy (non-hydrogen) atoms. The molecule has 0 saturated heterocycles. The number of H-pyrrole nitrogens is 1. The quantitative estimate of drug-likeness (QED) is 0.403. The number of fused-ring (bicyclic) bond motifs is 1. The number of oxazole rings is 1. The maximum Gasteiger partial charge on any atom is 0.273 e. The molecule has 0 radical (unpaired) electrons. The highest BCUT2D eigenvalue weighted by Gasteiger charge is 2.19. The van der Waals surface area contributed by atoms with Gasteiger partial charge >= 0.3 is 0 Å². The van der Waals surface area contributed by atoms with Gasteiger partial charge in [0, 0.05) is 35.3 Å². The molecular weight excluding hydrogens is 396 g/mol. The zero-order chi connectivity index (χ0) is 21.8. The Kier molecular flexibility index (Phi) is 5.90. The SMILES string of the molecule is COc1ccc(CNC(=O)c2coc(C(N)Cc3c[nH]c4ccccc34)n2)c(OC)c1. The van der Waals surface area contributed by atoms with Crippen LogP contribution >= 0.6 is 0 Å². The normalized spacial score (nSPS) is 12.0. The summed E-state index contributed by atoms with van der Waals surface area (Å²) in [4.78, 5) is 20.0. The number of nitrogens with two attached hydrogens (primary N) is 1. The van der Waals surface area contributed by atoms with Crippen LogP contribution in [-0.2, 0) is 13.0 Å². The molecule has 1 unspecified atom stereocenters. The summed E-state index contributed by atoms with van der Waals surface area (Å²) >= 11 is 0. The van der Waals surface area contributed by atoms with Crippen LogP contribution in [-0.4, -0.2) is 30.1 Å². The number of ether oxygens (including phenoxy) is 2. The lowest BCUT2D eigenvalue weighted by molar-refractivity contribution is 0.0945. The van der Waals surface area contributed by atoms with Crippen molar-refractivity contribution >= 4 is 16.8 Å². The van der Waals surface area contributed by atoms with Crippen LogP contribution in [0.4, 0.5) is 0 Å². The molecule has 0 aliphatic heterocycles. The lowest BCUT2D eigenvalue weighted by atomic mass is 10.1. The van der Waals surface area contributed by atoms with Gasteiger partial charge in [0.15, 0.2) is 5.69 Å². The summed E-state index contributed by atoms with van der Waals surface area (Å²) in [6.45, 7) is 0.273. The lowest BCUT2D eigenvalue weighted by Crippen LogP contribution is -2.23. The number of benzene rings is 2. The standard InChI is InChI=1S/C23H24N4O4/c1-29-16-8-7-14(21(10-16)30-2)11-26-22(28)20-13-31-23(27-20)18(24)9-15-12-25-19-6-4-3-5-17(15)19/h3-8,10,12-13,18,25H,9,11,24H2,1-2H3,(H,26,28). The summed E-state index contributed by atoms with van der Waals surface area (Å²) < 4.78 is 16.0. The molecule has 0 aliphatic carbocycles. The van der Waals surface area contributed by atoms with Crippen molar-refractivity contribution in [3.8, 4) is 11.5 Å². The first kappa shape index (κ1) is 20.5. The minimum absolute atomic E-state index is 0.178. The predicted molar refractivity (Wildman–Crippen MR) is 116 cm³/mol. The molecule has 8 heteroatoms. The van der Waals surface area contributed by atoms with Crippen LogP contribution in [0.1, 0.15) is 33.5 Å². The van der Waals surface area contributed by atoms with E-state index in [4.69, 9.17) is 19.6 Å². The van der Waals surface area contributed by atoms with Crippen molar-refractivity contribution in [2.45, 2.75) is 19.0 Å². The largest absolute Gasteiger partial charge is 0.497 e. The van der Waals surface area contributed by atoms with Crippen molar-refractivity contribution in [2.24, 2.45) is 5.73 Å². The highest BCUT2D eigenvalue weighted by Crippen LogP contribution is 2.25. The van der Waals surface area contributed by atoms with Gasteiger partial charge in [-0.1, -0.05) is 18.2 Å². The van der Waals surface area contributed by atoms with Crippen molar-refractivity contribution in [3.05, 3.63) is 77.6 Å². The Bertz CT molecular complexity index is 1200. The van der Waals surface area contributed by atoms with Gasteiger partial charge in [-0.05, 0) is 30.2 Å². The maximum absolute atomic E-state index is 12.5. The van der Waals surface area contributed by atoms with E-state index in [-0.39, 0.29) is 18.1 Å². The van der Waals surface area contributed by atoms with Gasteiger partial charge in [-0.2, -0.15) is 0 Å². The van der Waals surface area contributed by atoms with Gasteiger partial charge in [-0.3, -0.25) is 4.79 Å². The second kappa shape index (κ2) is 8.93. The molecule has 0 fully saturated rings. The number of hydrogen-bond donors (Lipinski definition) is 3. The average molecular weight is 420 g/mol. The molecule has 4 N–H and O–H groups in total. The number of aromatic amines is 1. The Balaban J connectivity index is 1.40. The Morgan fingerprint density at radius 1 is 1.19 bits per heavy atom. The molecule has 0 aliphatic rings. The van der Waals surface area contributed by atoms with E-state index >= 15 is 0 Å². The van der Waals surface area contributed by atoms with E-state index in [0.717, 1.165) is 22.0 Å². The van der Waals surface area contributed by atoms with Crippen molar-refractivity contribution in [1.82, 2.24) is 15.3 Å². The van der Waals surface area contributed by atoms with Crippen LogP contribution in [0.25, 0.3) is 10.9 Å². The molecule has 8 nitrogen and oxygen atoms in total. The molecule has 2 aromatic heterocycles.